The molecule has 19 heteroatoms. The zero-order valence-corrected chi connectivity index (χ0v) is 27.8. The Morgan fingerprint density at radius 2 is 0.898 bits per heavy atom. The molecule has 4 aromatic carbocycles. The van der Waals surface area contributed by atoms with E-state index in [0.717, 1.165) is 9.36 Å². The number of anilines is 2. The fourth-order valence-electron chi connectivity index (χ4n) is 4.69. The van der Waals surface area contributed by atoms with E-state index in [0.29, 0.717) is 11.1 Å². The molecule has 0 fully saturated rings. The second-order valence-corrected chi connectivity index (χ2v) is 15.6. The number of para-hydroxylation sites is 2. The molecule has 0 saturated heterocycles. The van der Waals surface area contributed by atoms with Crippen molar-refractivity contribution in [2.45, 2.75) is 33.7 Å². The van der Waals surface area contributed by atoms with Crippen LogP contribution in [-0.4, -0.2) is 35.8 Å². The van der Waals surface area contributed by atoms with Crippen molar-refractivity contribution < 1.29 is 53.9 Å². The molecule has 0 saturated carbocycles. The first-order chi connectivity index (χ1) is 23.2. The van der Waals surface area contributed by atoms with E-state index in [1.807, 2.05) is 0 Å². The van der Waals surface area contributed by atoms with E-state index >= 15 is 0 Å². The van der Waals surface area contributed by atoms with E-state index in [4.69, 9.17) is 0 Å². The van der Waals surface area contributed by atoms with E-state index in [-0.39, 0.29) is 32.5 Å². The summed E-state index contributed by atoms with van der Waals surface area (Å²) >= 11 is 0. The number of aryl methyl sites for hydroxylation is 2. The molecule has 0 atom stereocenters. The lowest BCUT2D eigenvalue weighted by Crippen LogP contribution is -2.40. The molecule has 2 aromatic heterocycles. The molecule has 16 nitrogen and oxygen atoms in total. The zero-order chi connectivity index (χ0) is 35.1. The Hall–Kier alpha value is -5.79. The third-order valence-electron chi connectivity index (χ3n) is 7.22. The van der Waals surface area contributed by atoms with Crippen LogP contribution in [0.15, 0.2) is 126 Å². The molecule has 6 aromatic rings. The number of hydrogen-bond donors (Lipinski definition) is 2. The summed E-state index contributed by atoms with van der Waals surface area (Å²) in [6, 6.07) is 22.6. The Morgan fingerprint density at radius 1 is 0.551 bits per heavy atom. The van der Waals surface area contributed by atoms with Crippen molar-refractivity contribution in [3.8, 4) is 23.3 Å². The van der Waals surface area contributed by atoms with Crippen molar-refractivity contribution in [1.82, 2.24) is 10.5 Å². The molecule has 49 heavy (non-hydrogen) atoms. The fraction of sp³-hybridized carbons (Fsp3) is 0.0667. The molecule has 0 bridgehead atoms. The summed E-state index contributed by atoms with van der Waals surface area (Å²) in [7, 11) is -13.2. The number of rotatable bonds is 10. The molecule has 0 amide bonds. The van der Waals surface area contributed by atoms with E-state index in [2.05, 4.69) is 29.0 Å². The van der Waals surface area contributed by atoms with Gasteiger partial charge >= 0.3 is 30.1 Å². The minimum atomic E-state index is -4.49. The van der Waals surface area contributed by atoms with Gasteiger partial charge in [-0.3, -0.25) is 9.44 Å². The Bertz CT molecular complexity index is 2360. The Morgan fingerprint density at radius 3 is 1.24 bits per heavy atom. The van der Waals surface area contributed by atoms with Crippen LogP contribution in [0, 0.1) is 13.8 Å². The highest BCUT2D eigenvalue weighted by Crippen LogP contribution is 2.26. The molecular weight excluding hydrogens is 701 g/mol. The summed E-state index contributed by atoms with van der Waals surface area (Å²) < 4.78 is 94.9. The topological polar surface area (TPSA) is 232 Å². The first-order valence-corrected chi connectivity index (χ1v) is 18.4. The lowest BCUT2D eigenvalue weighted by atomic mass is 10.2. The highest BCUT2D eigenvalue weighted by atomic mass is 32.2. The van der Waals surface area contributed by atoms with Gasteiger partial charge in [0, 0.05) is 24.3 Å². The number of aromatic nitrogens is 4. The molecule has 0 radical (unpaired) electrons. The first-order valence-electron chi connectivity index (χ1n) is 14.0. The van der Waals surface area contributed by atoms with Crippen LogP contribution in [0.2, 0.25) is 0 Å². The monoisotopic (exact) mass is 724 g/mol. The maximum Gasteiger partial charge on any atom is 0.373 e. The number of sulfone groups is 1. The van der Waals surface area contributed by atoms with Gasteiger partial charge in [-0.2, -0.15) is 16.8 Å². The lowest BCUT2D eigenvalue weighted by molar-refractivity contribution is -0.706. The second-order valence-electron chi connectivity index (χ2n) is 10.5. The number of sulfonamides is 2. The summed E-state index contributed by atoms with van der Waals surface area (Å²) in [6.07, 6.45) is 0. The van der Waals surface area contributed by atoms with Crippen LogP contribution in [-0.2, 0) is 29.9 Å². The van der Waals surface area contributed by atoms with Crippen molar-refractivity contribution in [2.24, 2.45) is 0 Å². The van der Waals surface area contributed by atoms with Crippen LogP contribution in [0.1, 0.15) is 11.1 Å². The molecule has 2 heterocycles. The molecule has 0 unspecified atom stereocenters. The van der Waals surface area contributed by atoms with Crippen molar-refractivity contribution in [3.05, 3.63) is 108 Å². The molecule has 6 rings (SSSR count). The fourth-order valence-corrected chi connectivity index (χ4v) is 8.42. The highest BCUT2D eigenvalue weighted by molar-refractivity contribution is 7.93. The molecule has 0 aliphatic heterocycles. The molecule has 252 valence electrons. The van der Waals surface area contributed by atoms with E-state index in [1.165, 1.54) is 60.7 Å². The summed E-state index contributed by atoms with van der Waals surface area (Å²) in [5.74, 6) is -2.48. The maximum absolute atomic E-state index is 13.5. The third-order valence-corrected chi connectivity index (χ3v) is 11.7. The maximum atomic E-state index is 13.5. The molecule has 0 spiro atoms. The van der Waals surface area contributed by atoms with Crippen LogP contribution in [0.5, 0.6) is 11.9 Å². The molecule has 0 aliphatic carbocycles. The standard InChI is InChI=1S/C30H24N6O10S3/c1-19-7-3-5-9-25(19)31-48(41,42)27-29(37)45-33-35(27)21-11-15-23(16-12-21)47(39,40)24-17-13-22(14-18-24)36-28(30(38)46-34-36)49(43,44)32-26-10-6-4-8-20(26)2/h3-18,31-32H,1-2H3. The number of nitrogens with one attached hydrogen (secondary N) is 2. The van der Waals surface area contributed by atoms with Crippen LogP contribution in [0.25, 0.3) is 11.4 Å². The van der Waals surface area contributed by atoms with Crippen molar-refractivity contribution >= 4 is 41.3 Å². The van der Waals surface area contributed by atoms with Crippen molar-refractivity contribution in [1.29, 1.82) is 0 Å². The SMILES string of the molecule is Cc1ccccc1NS(=O)(=O)c1c([O-])on[n+]1-c1ccc(S(=O)(=O)c2ccc(-[n+]3noc([O-])c3S(=O)(=O)Nc3ccccc3C)cc2)cc1. The quantitative estimate of drug-likeness (QED) is 0.191. The Balaban J connectivity index is 1.26. The van der Waals surface area contributed by atoms with Crippen LogP contribution in [0.4, 0.5) is 11.4 Å². The van der Waals surface area contributed by atoms with Gasteiger partial charge in [0.15, 0.2) is 11.9 Å². The van der Waals surface area contributed by atoms with Gasteiger partial charge in [-0.25, -0.2) is 8.42 Å². The van der Waals surface area contributed by atoms with Gasteiger partial charge in [0.25, 0.3) is 0 Å². The van der Waals surface area contributed by atoms with Gasteiger partial charge in [0.1, 0.15) is 0 Å². The minimum absolute atomic E-state index is 0.00852. The summed E-state index contributed by atoms with van der Waals surface area (Å²) in [4.78, 5) is -0.418. The van der Waals surface area contributed by atoms with E-state index in [1.54, 1.807) is 50.2 Å². The Kier molecular flexibility index (Phi) is 8.34. The van der Waals surface area contributed by atoms with Crippen LogP contribution >= 0.6 is 0 Å². The predicted molar refractivity (Wildman–Crippen MR) is 164 cm³/mol. The van der Waals surface area contributed by atoms with Gasteiger partial charge in [-0.15, -0.1) is 0 Å². The van der Waals surface area contributed by atoms with Gasteiger partial charge in [-0.05, 0) is 70.7 Å². The minimum Gasteiger partial charge on any atom is -0.538 e. The molecule has 2 N–H and O–H groups in total. The van der Waals surface area contributed by atoms with Crippen molar-refractivity contribution in [2.75, 3.05) is 9.44 Å². The van der Waals surface area contributed by atoms with Gasteiger partial charge < -0.3 is 19.3 Å². The zero-order valence-electron chi connectivity index (χ0n) is 25.3. The smallest absolute Gasteiger partial charge is 0.373 e. The largest absolute Gasteiger partial charge is 0.538 e. The van der Waals surface area contributed by atoms with E-state index < -0.39 is 51.8 Å². The average Bonchev–Trinajstić information content (AvgIpc) is 3.66. The van der Waals surface area contributed by atoms with Gasteiger partial charge in [0.05, 0.1) is 31.7 Å². The van der Waals surface area contributed by atoms with E-state index in [9.17, 15) is 35.5 Å². The Labute approximate surface area is 279 Å². The molecular formula is C30H24N6O10S3. The third kappa shape index (κ3) is 6.28. The first kappa shape index (κ1) is 33.1. The molecule has 0 aliphatic rings. The normalized spacial score (nSPS) is 12.1. The second kappa shape index (κ2) is 12.3. The number of nitrogens with zero attached hydrogens (tertiary/aromatic N) is 4. The summed E-state index contributed by atoms with van der Waals surface area (Å²) in [5.41, 5.74) is 1.67. The van der Waals surface area contributed by atoms with Crippen LogP contribution in [0.3, 0.4) is 0 Å². The van der Waals surface area contributed by atoms with Crippen molar-refractivity contribution in [3.63, 3.8) is 0 Å². The van der Waals surface area contributed by atoms with Gasteiger partial charge in [0.2, 0.25) is 21.2 Å². The highest BCUT2D eigenvalue weighted by Gasteiger charge is 2.36. The predicted octanol–water partition coefficient (Wildman–Crippen LogP) is 1.41. The lowest BCUT2D eigenvalue weighted by Gasteiger charge is -2.08. The number of hydrogen-bond acceptors (Lipinski definition) is 12. The average molecular weight is 725 g/mol. The number of benzene rings is 4. The van der Waals surface area contributed by atoms with Gasteiger partial charge in [-0.1, -0.05) is 36.4 Å². The summed E-state index contributed by atoms with van der Waals surface area (Å²) in [5, 5.41) is 30.2. The van der Waals surface area contributed by atoms with Crippen LogP contribution < -0.4 is 29.0 Å². The summed E-state index contributed by atoms with van der Waals surface area (Å²) in [6.45, 7) is 3.35.